The fraction of sp³-hybridized carbons (Fsp3) is 0.318. The fourth-order valence-electron chi connectivity index (χ4n) is 3.90. The lowest BCUT2D eigenvalue weighted by Crippen LogP contribution is -2.13. The van der Waals surface area contributed by atoms with Gasteiger partial charge in [0.2, 0.25) is 0 Å². The topological polar surface area (TPSA) is 51.4 Å². The first-order chi connectivity index (χ1) is 12.9. The van der Waals surface area contributed by atoms with Gasteiger partial charge in [-0.1, -0.05) is 12.1 Å². The third-order valence-corrected chi connectivity index (χ3v) is 4.92. The molecule has 0 unspecified atom stereocenters. The van der Waals surface area contributed by atoms with Gasteiger partial charge in [0.15, 0.2) is 0 Å². The predicted molar refractivity (Wildman–Crippen MR) is 124 cm³/mol. The standard InChI is InChI=1S/C22H26N4O.2ClH/c1-25(2)12-14-5-6-19-16(7-14)10-20(24-19)18-9-15(13-26(3)4)8-17-11-23-22(27)21(17)18;;/h5-10,24H,11-13H2,1-4H3,(H,23,27);2*1H. The van der Waals surface area contributed by atoms with E-state index < -0.39 is 0 Å². The molecule has 0 spiro atoms. The smallest absolute Gasteiger partial charge is 0.252 e. The number of hydrogen-bond donors (Lipinski definition) is 2. The normalized spacial score (nSPS) is 12.7. The van der Waals surface area contributed by atoms with Crippen molar-refractivity contribution in [1.29, 1.82) is 0 Å². The molecule has 2 heterocycles. The molecule has 4 rings (SSSR count). The van der Waals surface area contributed by atoms with Crippen LogP contribution in [0.3, 0.4) is 0 Å². The lowest BCUT2D eigenvalue weighted by molar-refractivity contribution is 0.0966. The molecule has 0 fully saturated rings. The summed E-state index contributed by atoms with van der Waals surface area (Å²) in [6.07, 6.45) is 0. The maximum atomic E-state index is 12.4. The average Bonchev–Trinajstić information content (AvgIpc) is 3.16. The van der Waals surface area contributed by atoms with Gasteiger partial charge in [-0.3, -0.25) is 4.79 Å². The molecule has 1 aromatic heterocycles. The second-order valence-corrected chi connectivity index (χ2v) is 7.94. The minimum atomic E-state index is 0. The highest BCUT2D eigenvalue weighted by atomic mass is 35.5. The van der Waals surface area contributed by atoms with Crippen LogP contribution >= 0.6 is 24.8 Å². The Kier molecular flexibility index (Phi) is 7.35. The third-order valence-electron chi connectivity index (χ3n) is 4.92. The molecule has 2 N–H and O–H groups in total. The summed E-state index contributed by atoms with van der Waals surface area (Å²) in [4.78, 5) is 20.3. The molecule has 7 heteroatoms. The number of nitrogens with one attached hydrogen (secondary N) is 2. The highest BCUT2D eigenvalue weighted by Crippen LogP contribution is 2.33. The highest BCUT2D eigenvalue weighted by molar-refractivity contribution is 6.05. The number of benzene rings is 2. The van der Waals surface area contributed by atoms with Crippen molar-refractivity contribution in [2.75, 3.05) is 28.2 Å². The number of aromatic amines is 1. The molecule has 1 aliphatic rings. The second-order valence-electron chi connectivity index (χ2n) is 7.94. The van der Waals surface area contributed by atoms with E-state index in [2.05, 4.69) is 84.7 Å². The fourth-order valence-corrected chi connectivity index (χ4v) is 3.90. The Labute approximate surface area is 184 Å². The van der Waals surface area contributed by atoms with Crippen molar-refractivity contribution in [3.05, 3.63) is 58.7 Å². The summed E-state index contributed by atoms with van der Waals surface area (Å²) >= 11 is 0. The van der Waals surface area contributed by atoms with E-state index in [0.717, 1.165) is 41.0 Å². The quantitative estimate of drug-likeness (QED) is 0.636. The van der Waals surface area contributed by atoms with E-state index >= 15 is 0 Å². The summed E-state index contributed by atoms with van der Waals surface area (Å²) in [5, 5.41) is 4.14. The number of rotatable bonds is 5. The van der Waals surface area contributed by atoms with Crippen LogP contribution in [0.25, 0.3) is 22.2 Å². The summed E-state index contributed by atoms with van der Waals surface area (Å²) in [7, 11) is 8.27. The SMILES string of the molecule is CN(C)Cc1cc2c(c(-c3cc4cc(CN(C)C)ccc4[nH]3)c1)C(=O)NC2.Cl.Cl. The molecule has 2 aromatic carbocycles. The summed E-state index contributed by atoms with van der Waals surface area (Å²) in [5.74, 6) is 0.0170. The molecule has 1 amide bonds. The monoisotopic (exact) mass is 434 g/mol. The van der Waals surface area contributed by atoms with Gasteiger partial charge >= 0.3 is 0 Å². The summed E-state index contributed by atoms with van der Waals surface area (Å²) < 4.78 is 0. The third kappa shape index (κ3) is 4.75. The molecular formula is C22H28Cl2N4O. The van der Waals surface area contributed by atoms with Gasteiger partial charge in [0.1, 0.15) is 0 Å². The summed E-state index contributed by atoms with van der Waals surface area (Å²) in [6, 6.07) is 13.0. The van der Waals surface area contributed by atoms with E-state index in [1.165, 1.54) is 16.5 Å². The van der Waals surface area contributed by atoms with E-state index in [-0.39, 0.29) is 30.7 Å². The van der Waals surface area contributed by atoms with Gasteiger partial charge in [0.05, 0.1) is 5.56 Å². The van der Waals surface area contributed by atoms with Crippen molar-refractivity contribution in [1.82, 2.24) is 20.1 Å². The number of hydrogen-bond acceptors (Lipinski definition) is 3. The molecule has 1 aliphatic heterocycles. The molecule has 0 aliphatic carbocycles. The Morgan fingerprint density at radius 2 is 1.59 bits per heavy atom. The number of carbonyl (C=O) groups excluding carboxylic acids is 1. The predicted octanol–water partition coefficient (Wildman–Crippen LogP) is 4.05. The Hall–Kier alpha value is -2.05. The minimum Gasteiger partial charge on any atom is -0.355 e. The maximum Gasteiger partial charge on any atom is 0.252 e. The van der Waals surface area contributed by atoms with Crippen LogP contribution in [0.4, 0.5) is 0 Å². The van der Waals surface area contributed by atoms with Crippen LogP contribution in [-0.2, 0) is 19.6 Å². The molecule has 3 aromatic rings. The number of halogens is 2. The highest BCUT2D eigenvalue weighted by Gasteiger charge is 2.25. The van der Waals surface area contributed by atoms with Crippen LogP contribution in [0, 0.1) is 0 Å². The van der Waals surface area contributed by atoms with Crippen molar-refractivity contribution in [3.8, 4) is 11.3 Å². The second kappa shape index (κ2) is 9.18. The number of carbonyl (C=O) groups is 1. The van der Waals surface area contributed by atoms with Crippen molar-refractivity contribution in [2.24, 2.45) is 0 Å². The number of aromatic nitrogens is 1. The largest absolute Gasteiger partial charge is 0.355 e. The van der Waals surface area contributed by atoms with Gasteiger partial charge in [0, 0.05) is 41.8 Å². The van der Waals surface area contributed by atoms with Gasteiger partial charge < -0.3 is 20.1 Å². The molecule has 0 atom stereocenters. The molecule has 0 radical (unpaired) electrons. The Bertz CT molecular complexity index is 1030. The van der Waals surface area contributed by atoms with Crippen LogP contribution in [0.1, 0.15) is 27.0 Å². The van der Waals surface area contributed by atoms with E-state index in [4.69, 9.17) is 0 Å². The number of nitrogens with zero attached hydrogens (tertiary/aromatic N) is 2. The molecular weight excluding hydrogens is 407 g/mol. The van der Waals surface area contributed by atoms with Crippen molar-refractivity contribution in [3.63, 3.8) is 0 Å². The number of amides is 1. The van der Waals surface area contributed by atoms with E-state index in [1.54, 1.807) is 0 Å². The zero-order valence-electron chi connectivity index (χ0n) is 17.2. The van der Waals surface area contributed by atoms with Crippen LogP contribution < -0.4 is 5.32 Å². The first kappa shape index (κ1) is 23.2. The van der Waals surface area contributed by atoms with Gasteiger partial charge in [-0.25, -0.2) is 0 Å². The molecule has 156 valence electrons. The lowest BCUT2D eigenvalue weighted by Gasteiger charge is -2.13. The first-order valence-electron chi connectivity index (χ1n) is 9.26. The van der Waals surface area contributed by atoms with Gasteiger partial charge in [0.25, 0.3) is 5.91 Å². The van der Waals surface area contributed by atoms with Crippen molar-refractivity contribution in [2.45, 2.75) is 19.6 Å². The Morgan fingerprint density at radius 3 is 2.28 bits per heavy atom. The van der Waals surface area contributed by atoms with Crippen LogP contribution in [0.15, 0.2) is 36.4 Å². The molecule has 29 heavy (non-hydrogen) atoms. The zero-order chi connectivity index (χ0) is 19.1. The van der Waals surface area contributed by atoms with Gasteiger partial charge in [-0.05, 0) is 69.1 Å². The van der Waals surface area contributed by atoms with Crippen LogP contribution in [0.2, 0.25) is 0 Å². The Balaban J connectivity index is 0.00000150. The van der Waals surface area contributed by atoms with E-state index in [0.29, 0.717) is 6.54 Å². The van der Waals surface area contributed by atoms with Crippen molar-refractivity contribution >= 4 is 41.6 Å². The molecule has 5 nitrogen and oxygen atoms in total. The summed E-state index contributed by atoms with van der Waals surface area (Å²) in [5.41, 5.74) is 7.47. The average molecular weight is 435 g/mol. The van der Waals surface area contributed by atoms with E-state index in [9.17, 15) is 4.79 Å². The van der Waals surface area contributed by atoms with Crippen molar-refractivity contribution < 1.29 is 4.79 Å². The number of H-pyrrole nitrogens is 1. The van der Waals surface area contributed by atoms with Crippen LogP contribution in [0.5, 0.6) is 0 Å². The van der Waals surface area contributed by atoms with E-state index in [1.807, 2.05) is 0 Å². The Morgan fingerprint density at radius 1 is 0.897 bits per heavy atom. The number of fused-ring (bicyclic) bond motifs is 2. The molecule has 0 saturated carbocycles. The minimum absolute atomic E-state index is 0. The molecule has 0 bridgehead atoms. The lowest BCUT2D eigenvalue weighted by atomic mass is 9.97. The maximum absolute atomic E-state index is 12.4. The van der Waals surface area contributed by atoms with Gasteiger partial charge in [-0.2, -0.15) is 0 Å². The van der Waals surface area contributed by atoms with Gasteiger partial charge in [-0.15, -0.1) is 24.8 Å². The first-order valence-corrected chi connectivity index (χ1v) is 9.26. The molecule has 0 saturated heterocycles. The van der Waals surface area contributed by atoms with Crippen LogP contribution in [-0.4, -0.2) is 48.9 Å². The summed E-state index contributed by atoms with van der Waals surface area (Å²) in [6.45, 7) is 2.36. The zero-order valence-corrected chi connectivity index (χ0v) is 18.8.